The molecule has 6 nitrogen and oxygen atoms in total. The van der Waals surface area contributed by atoms with Crippen LogP contribution in [0, 0.1) is 6.92 Å². The lowest BCUT2D eigenvalue weighted by Gasteiger charge is -2.09. The van der Waals surface area contributed by atoms with Gasteiger partial charge in [-0.15, -0.1) is 0 Å². The fraction of sp³-hybridized carbons (Fsp3) is 0.100. The lowest BCUT2D eigenvalue weighted by atomic mass is 10.1. The van der Waals surface area contributed by atoms with E-state index in [9.17, 15) is 9.59 Å². The average Bonchev–Trinajstić information content (AvgIpc) is 2.62. The van der Waals surface area contributed by atoms with Crippen LogP contribution in [0.25, 0.3) is 0 Å². The summed E-state index contributed by atoms with van der Waals surface area (Å²) < 4.78 is 0. The molecule has 1 amide bonds. The summed E-state index contributed by atoms with van der Waals surface area (Å²) in [6.45, 7) is 3.47. The maximum Gasteiger partial charge on any atom is 0.274 e. The van der Waals surface area contributed by atoms with Crippen molar-refractivity contribution in [2.45, 2.75) is 13.8 Å². The van der Waals surface area contributed by atoms with Crippen molar-refractivity contribution in [3.63, 3.8) is 0 Å². The van der Waals surface area contributed by atoms with Gasteiger partial charge in [-0.25, -0.2) is 9.97 Å². The van der Waals surface area contributed by atoms with Crippen LogP contribution in [0.1, 0.15) is 33.3 Å². The number of nitrogens with zero attached hydrogens (tertiary/aromatic N) is 2. The molecule has 0 fully saturated rings. The molecule has 2 N–H and O–H groups in total. The van der Waals surface area contributed by atoms with Crippen molar-refractivity contribution >= 4 is 28.9 Å². The first kappa shape index (κ1) is 17.3. The van der Waals surface area contributed by atoms with Gasteiger partial charge in [-0.2, -0.15) is 0 Å². The van der Waals surface area contributed by atoms with Crippen molar-refractivity contribution < 1.29 is 9.59 Å². The number of carbonyl (C=O) groups excluding carboxylic acids is 2. The number of nitrogens with one attached hydrogen (secondary N) is 2. The Balaban J connectivity index is 1.76. The van der Waals surface area contributed by atoms with Crippen LogP contribution in [0.4, 0.5) is 17.2 Å². The summed E-state index contributed by atoms with van der Waals surface area (Å²) in [4.78, 5) is 32.0. The highest BCUT2D eigenvalue weighted by Crippen LogP contribution is 2.17. The third-order valence-corrected chi connectivity index (χ3v) is 3.72. The quantitative estimate of drug-likeness (QED) is 0.683. The molecule has 2 aromatic carbocycles. The third-order valence-electron chi connectivity index (χ3n) is 3.72. The van der Waals surface area contributed by atoms with Crippen LogP contribution >= 0.6 is 0 Å². The molecule has 0 saturated carbocycles. The largest absolute Gasteiger partial charge is 0.340 e. The number of hydrogen-bond acceptors (Lipinski definition) is 5. The van der Waals surface area contributed by atoms with E-state index in [0.717, 1.165) is 5.56 Å². The second-order valence-corrected chi connectivity index (χ2v) is 5.87. The number of ketones is 1. The predicted octanol–water partition coefficient (Wildman–Crippen LogP) is 3.98. The topological polar surface area (TPSA) is 84.0 Å². The Hall–Kier alpha value is -3.54. The number of hydrogen-bond donors (Lipinski definition) is 2. The van der Waals surface area contributed by atoms with Gasteiger partial charge in [0.15, 0.2) is 5.78 Å². The van der Waals surface area contributed by atoms with E-state index in [1.807, 2.05) is 37.3 Å². The average molecular weight is 346 g/mol. The van der Waals surface area contributed by atoms with Gasteiger partial charge < -0.3 is 10.6 Å². The monoisotopic (exact) mass is 346 g/mol. The lowest BCUT2D eigenvalue weighted by Crippen LogP contribution is -2.14. The molecule has 1 heterocycles. The molecule has 0 radical (unpaired) electrons. The molecule has 3 aromatic rings. The van der Waals surface area contributed by atoms with E-state index in [0.29, 0.717) is 22.8 Å². The van der Waals surface area contributed by atoms with E-state index in [4.69, 9.17) is 0 Å². The second-order valence-electron chi connectivity index (χ2n) is 5.87. The zero-order valence-electron chi connectivity index (χ0n) is 14.5. The smallest absolute Gasteiger partial charge is 0.274 e. The van der Waals surface area contributed by atoms with Crippen molar-refractivity contribution in [3.8, 4) is 0 Å². The molecule has 130 valence electrons. The van der Waals surface area contributed by atoms with E-state index >= 15 is 0 Å². The van der Waals surface area contributed by atoms with Gasteiger partial charge in [-0.05, 0) is 43.7 Å². The predicted molar refractivity (Wildman–Crippen MR) is 101 cm³/mol. The van der Waals surface area contributed by atoms with Gasteiger partial charge in [0, 0.05) is 23.0 Å². The fourth-order valence-corrected chi connectivity index (χ4v) is 2.43. The Morgan fingerprint density at radius 3 is 2.46 bits per heavy atom. The van der Waals surface area contributed by atoms with E-state index < -0.39 is 0 Å². The van der Waals surface area contributed by atoms with Crippen molar-refractivity contribution in [1.29, 1.82) is 0 Å². The number of amides is 1. The van der Waals surface area contributed by atoms with Crippen LogP contribution in [0.2, 0.25) is 0 Å². The highest BCUT2D eigenvalue weighted by atomic mass is 16.2. The Bertz CT molecular complexity index is 969. The zero-order valence-corrected chi connectivity index (χ0v) is 14.5. The number of aryl methyl sites for hydroxylation is 1. The first-order valence-electron chi connectivity index (χ1n) is 8.09. The SMILES string of the molecule is CC(=O)c1cccc(Nc2cc(C(=O)Nc3cccc(C)c3)ncn2)c1. The lowest BCUT2D eigenvalue weighted by molar-refractivity contribution is 0.101. The molecular formula is C20H18N4O2. The van der Waals surface area contributed by atoms with Crippen LogP contribution in [0.5, 0.6) is 0 Å². The van der Waals surface area contributed by atoms with Gasteiger partial charge in [0.25, 0.3) is 5.91 Å². The van der Waals surface area contributed by atoms with Crippen LogP contribution in [-0.4, -0.2) is 21.7 Å². The Kier molecular flexibility index (Phi) is 5.03. The number of benzene rings is 2. The summed E-state index contributed by atoms with van der Waals surface area (Å²) >= 11 is 0. The molecule has 0 saturated heterocycles. The Morgan fingerprint density at radius 2 is 1.69 bits per heavy atom. The molecular weight excluding hydrogens is 328 g/mol. The van der Waals surface area contributed by atoms with E-state index in [2.05, 4.69) is 20.6 Å². The van der Waals surface area contributed by atoms with Crippen LogP contribution < -0.4 is 10.6 Å². The standard InChI is InChI=1S/C20H18N4O2/c1-13-5-3-7-16(9-13)24-20(26)18-11-19(22-12-21-18)23-17-8-4-6-15(10-17)14(2)25/h3-12H,1-2H3,(H,24,26)(H,21,22,23). The number of rotatable bonds is 5. The zero-order chi connectivity index (χ0) is 18.5. The minimum Gasteiger partial charge on any atom is -0.340 e. The van der Waals surface area contributed by atoms with Gasteiger partial charge in [0.05, 0.1) is 0 Å². The van der Waals surface area contributed by atoms with Crippen LogP contribution in [-0.2, 0) is 0 Å². The maximum absolute atomic E-state index is 12.4. The number of aromatic nitrogens is 2. The van der Waals surface area contributed by atoms with E-state index in [1.54, 1.807) is 24.3 Å². The third kappa shape index (κ3) is 4.30. The molecule has 26 heavy (non-hydrogen) atoms. The number of anilines is 3. The summed E-state index contributed by atoms with van der Waals surface area (Å²) in [7, 11) is 0. The summed E-state index contributed by atoms with van der Waals surface area (Å²) in [6, 6.07) is 16.2. The summed E-state index contributed by atoms with van der Waals surface area (Å²) in [5.41, 5.74) is 3.31. The minimum absolute atomic E-state index is 0.0189. The summed E-state index contributed by atoms with van der Waals surface area (Å²) in [6.07, 6.45) is 1.32. The normalized spacial score (nSPS) is 10.2. The maximum atomic E-state index is 12.4. The van der Waals surface area contributed by atoms with Crippen LogP contribution in [0.3, 0.4) is 0 Å². The molecule has 0 aliphatic rings. The van der Waals surface area contributed by atoms with E-state index in [-0.39, 0.29) is 17.4 Å². The number of carbonyl (C=O) groups is 2. The fourth-order valence-electron chi connectivity index (χ4n) is 2.43. The summed E-state index contributed by atoms with van der Waals surface area (Å²) in [5, 5.41) is 5.90. The minimum atomic E-state index is -0.321. The second kappa shape index (κ2) is 7.57. The van der Waals surface area contributed by atoms with Crippen molar-refractivity contribution in [3.05, 3.63) is 77.7 Å². The molecule has 0 atom stereocenters. The van der Waals surface area contributed by atoms with Gasteiger partial charge in [0.1, 0.15) is 17.8 Å². The van der Waals surface area contributed by atoms with Gasteiger partial charge in [-0.3, -0.25) is 9.59 Å². The molecule has 3 rings (SSSR count). The van der Waals surface area contributed by atoms with Crippen LogP contribution in [0.15, 0.2) is 60.9 Å². The molecule has 0 aliphatic heterocycles. The van der Waals surface area contributed by atoms with Gasteiger partial charge >= 0.3 is 0 Å². The Labute approximate surface area is 151 Å². The molecule has 6 heteroatoms. The highest BCUT2D eigenvalue weighted by Gasteiger charge is 2.10. The Morgan fingerprint density at radius 1 is 0.923 bits per heavy atom. The van der Waals surface area contributed by atoms with Gasteiger partial charge in [0.2, 0.25) is 0 Å². The summed E-state index contributed by atoms with van der Waals surface area (Å²) in [5.74, 6) is 0.128. The van der Waals surface area contributed by atoms with Gasteiger partial charge in [-0.1, -0.05) is 24.3 Å². The van der Waals surface area contributed by atoms with Crippen molar-refractivity contribution in [1.82, 2.24) is 9.97 Å². The molecule has 0 unspecified atom stereocenters. The van der Waals surface area contributed by atoms with E-state index in [1.165, 1.54) is 13.3 Å². The molecule has 0 spiro atoms. The number of Topliss-reactive ketones (excluding diaryl/α,β-unsaturated/α-hetero) is 1. The molecule has 1 aromatic heterocycles. The van der Waals surface area contributed by atoms with Crippen molar-refractivity contribution in [2.24, 2.45) is 0 Å². The first-order chi connectivity index (χ1) is 12.5. The molecule has 0 bridgehead atoms. The first-order valence-corrected chi connectivity index (χ1v) is 8.09. The molecule has 0 aliphatic carbocycles. The highest BCUT2D eigenvalue weighted by molar-refractivity contribution is 6.03. The van der Waals surface area contributed by atoms with Crippen molar-refractivity contribution in [2.75, 3.05) is 10.6 Å².